The fraction of sp³-hybridized carbons (Fsp3) is 0.400. The van der Waals surface area contributed by atoms with Crippen molar-refractivity contribution >= 4 is 23.5 Å². The van der Waals surface area contributed by atoms with Gasteiger partial charge in [-0.15, -0.1) is 11.8 Å². The summed E-state index contributed by atoms with van der Waals surface area (Å²) in [7, 11) is 0. The molecule has 5 nitrogen and oxygen atoms in total. The quantitative estimate of drug-likeness (QED) is 0.737. The van der Waals surface area contributed by atoms with E-state index in [9.17, 15) is 18.0 Å². The average molecular weight is 425 g/mol. The lowest BCUT2D eigenvalue weighted by atomic mass is 10.1. The summed E-state index contributed by atoms with van der Waals surface area (Å²) in [5.74, 6) is 0.516. The molecule has 1 amide bonds. The third kappa shape index (κ3) is 5.22. The first-order valence-corrected chi connectivity index (χ1v) is 10.3. The Balaban J connectivity index is 1.73. The van der Waals surface area contributed by atoms with E-state index < -0.39 is 11.7 Å². The number of amides is 1. The number of benzene rings is 1. The van der Waals surface area contributed by atoms with Gasteiger partial charge in [0, 0.05) is 19.6 Å². The van der Waals surface area contributed by atoms with Gasteiger partial charge in [-0.1, -0.05) is 12.1 Å². The van der Waals surface area contributed by atoms with E-state index in [-0.39, 0.29) is 12.5 Å². The normalized spacial score (nSPS) is 14.7. The van der Waals surface area contributed by atoms with Gasteiger partial charge in [-0.25, -0.2) is 4.98 Å². The Hall–Kier alpha value is -2.26. The number of thioether (sulfide) groups is 1. The van der Waals surface area contributed by atoms with Gasteiger partial charge in [0.1, 0.15) is 10.8 Å². The van der Waals surface area contributed by atoms with Crippen LogP contribution in [0.1, 0.15) is 27.0 Å². The molecular formula is C20H22F3N3O2S. The topological polar surface area (TPSA) is 54.5 Å². The fourth-order valence-corrected chi connectivity index (χ4v) is 3.73. The highest BCUT2D eigenvalue weighted by molar-refractivity contribution is 7.98. The van der Waals surface area contributed by atoms with Crippen molar-refractivity contribution in [2.24, 2.45) is 0 Å². The fourth-order valence-electron chi connectivity index (χ4n) is 3.09. The highest BCUT2D eigenvalue weighted by Gasteiger charge is 2.30. The SMILES string of the molecule is CSc1nc(N2CCOCC2)cc(C)c1C(=O)NCc1ccc(C(F)(F)F)cc1. The molecule has 1 N–H and O–H groups in total. The Kier molecular flexibility index (Phi) is 6.69. The highest BCUT2D eigenvalue weighted by Crippen LogP contribution is 2.29. The van der Waals surface area contributed by atoms with Gasteiger partial charge in [0.15, 0.2) is 0 Å². The van der Waals surface area contributed by atoms with Crippen LogP contribution in [0.25, 0.3) is 0 Å². The van der Waals surface area contributed by atoms with E-state index in [1.807, 2.05) is 19.2 Å². The minimum atomic E-state index is -4.37. The number of carbonyl (C=O) groups excluding carboxylic acids is 1. The summed E-state index contributed by atoms with van der Waals surface area (Å²) in [6.07, 6.45) is -2.52. The summed E-state index contributed by atoms with van der Waals surface area (Å²) in [5, 5.41) is 3.40. The van der Waals surface area contributed by atoms with Crippen LogP contribution < -0.4 is 10.2 Å². The monoisotopic (exact) mass is 425 g/mol. The van der Waals surface area contributed by atoms with Crippen LogP contribution in [-0.2, 0) is 17.5 Å². The van der Waals surface area contributed by atoms with E-state index in [0.29, 0.717) is 29.4 Å². The maximum Gasteiger partial charge on any atom is 0.416 e. The summed E-state index contributed by atoms with van der Waals surface area (Å²) < 4.78 is 43.4. The van der Waals surface area contributed by atoms with E-state index >= 15 is 0 Å². The molecule has 0 unspecified atom stereocenters. The summed E-state index contributed by atoms with van der Waals surface area (Å²) in [4.78, 5) is 19.5. The van der Waals surface area contributed by atoms with Crippen molar-refractivity contribution in [3.63, 3.8) is 0 Å². The summed E-state index contributed by atoms with van der Waals surface area (Å²) in [5.41, 5.74) is 1.17. The lowest BCUT2D eigenvalue weighted by Gasteiger charge is -2.28. The summed E-state index contributed by atoms with van der Waals surface area (Å²) >= 11 is 1.39. The molecule has 1 aromatic heterocycles. The second kappa shape index (κ2) is 9.04. The Bertz CT molecular complexity index is 867. The lowest BCUT2D eigenvalue weighted by Crippen LogP contribution is -2.37. The predicted molar refractivity (Wildman–Crippen MR) is 106 cm³/mol. The first-order chi connectivity index (χ1) is 13.8. The molecular weight excluding hydrogens is 403 g/mol. The summed E-state index contributed by atoms with van der Waals surface area (Å²) in [6, 6.07) is 6.64. The van der Waals surface area contributed by atoms with Crippen LogP contribution >= 0.6 is 11.8 Å². The summed E-state index contributed by atoms with van der Waals surface area (Å²) in [6.45, 7) is 4.78. The Morgan fingerprint density at radius 1 is 1.24 bits per heavy atom. The largest absolute Gasteiger partial charge is 0.416 e. The molecule has 0 aliphatic carbocycles. The predicted octanol–water partition coefficient (Wildman–Crippen LogP) is 3.90. The van der Waals surface area contributed by atoms with Gasteiger partial charge in [0.25, 0.3) is 5.91 Å². The van der Waals surface area contributed by atoms with Crippen molar-refractivity contribution in [2.75, 3.05) is 37.5 Å². The van der Waals surface area contributed by atoms with Gasteiger partial charge < -0.3 is 15.0 Å². The second-order valence-corrected chi connectivity index (χ2v) is 7.45. The molecule has 1 aromatic carbocycles. The van der Waals surface area contributed by atoms with Gasteiger partial charge in [-0.2, -0.15) is 13.2 Å². The van der Waals surface area contributed by atoms with Crippen LogP contribution in [0.5, 0.6) is 0 Å². The molecule has 2 aromatic rings. The molecule has 3 rings (SSSR count). The second-order valence-electron chi connectivity index (χ2n) is 6.66. The Morgan fingerprint density at radius 2 is 1.90 bits per heavy atom. The maximum atomic E-state index is 12.8. The molecule has 1 aliphatic heterocycles. The average Bonchev–Trinajstić information content (AvgIpc) is 2.71. The smallest absolute Gasteiger partial charge is 0.378 e. The van der Waals surface area contributed by atoms with Crippen molar-refractivity contribution in [3.8, 4) is 0 Å². The number of hydrogen-bond donors (Lipinski definition) is 1. The zero-order valence-corrected chi connectivity index (χ0v) is 17.0. The van der Waals surface area contributed by atoms with E-state index in [4.69, 9.17) is 4.74 Å². The highest BCUT2D eigenvalue weighted by atomic mass is 32.2. The number of hydrogen-bond acceptors (Lipinski definition) is 5. The van der Waals surface area contributed by atoms with E-state index in [1.165, 1.54) is 23.9 Å². The number of nitrogens with zero attached hydrogens (tertiary/aromatic N) is 2. The Labute approximate surface area is 171 Å². The van der Waals surface area contributed by atoms with Crippen molar-refractivity contribution < 1.29 is 22.7 Å². The van der Waals surface area contributed by atoms with Crippen molar-refractivity contribution in [3.05, 3.63) is 52.6 Å². The standard InChI is InChI=1S/C20H22F3N3O2S/c1-13-11-16(26-7-9-28-10-8-26)25-19(29-2)17(13)18(27)24-12-14-3-5-15(6-4-14)20(21,22)23/h3-6,11H,7-10,12H2,1-2H3,(H,24,27). The van der Waals surface area contributed by atoms with E-state index in [0.717, 1.165) is 36.6 Å². The molecule has 2 heterocycles. The molecule has 1 aliphatic rings. The van der Waals surface area contributed by atoms with Crippen LogP contribution in [-0.4, -0.2) is 43.5 Å². The molecule has 1 saturated heterocycles. The zero-order valence-electron chi connectivity index (χ0n) is 16.2. The van der Waals surface area contributed by atoms with Crippen LogP contribution in [0.4, 0.5) is 19.0 Å². The molecule has 0 spiro atoms. The third-order valence-corrected chi connectivity index (χ3v) is 5.34. The lowest BCUT2D eigenvalue weighted by molar-refractivity contribution is -0.137. The number of carbonyl (C=O) groups is 1. The van der Waals surface area contributed by atoms with E-state index in [2.05, 4.69) is 15.2 Å². The number of ether oxygens (including phenoxy) is 1. The molecule has 0 atom stereocenters. The molecule has 9 heteroatoms. The molecule has 0 saturated carbocycles. The first kappa shape index (κ1) is 21.4. The van der Waals surface area contributed by atoms with Crippen LogP contribution in [0.2, 0.25) is 0 Å². The van der Waals surface area contributed by atoms with Gasteiger partial charge >= 0.3 is 6.18 Å². The first-order valence-electron chi connectivity index (χ1n) is 9.12. The van der Waals surface area contributed by atoms with Crippen molar-refractivity contribution in [2.45, 2.75) is 24.7 Å². The van der Waals surface area contributed by atoms with Crippen LogP contribution in [0.15, 0.2) is 35.4 Å². The number of morpholine rings is 1. The third-order valence-electron chi connectivity index (χ3n) is 4.66. The number of alkyl halides is 3. The van der Waals surface area contributed by atoms with Crippen LogP contribution in [0.3, 0.4) is 0 Å². The number of rotatable bonds is 5. The number of anilines is 1. The van der Waals surface area contributed by atoms with Crippen molar-refractivity contribution in [1.82, 2.24) is 10.3 Å². The van der Waals surface area contributed by atoms with Gasteiger partial charge in [-0.3, -0.25) is 4.79 Å². The minimum absolute atomic E-state index is 0.134. The van der Waals surface area contributed by atoms with Crippen LogP contribution in [0, 0.1) is 6.92 Å². The number of aromatic nitrogens is 1. The number of aryl methyl sites for hydroxylation is 1. The van der Waals surface area contributed by atoms with Crippen molar-refractivity contribution in [1.29, 1.82) is 0 Å². The number of halogens is 3. The molecule has 1 fully saturated rings. The molecule has 156 valence electrons. The van der Waals surface area contributed by atoms with Gasteiger partial charge in [0.05, 0.1) is 24.3 Å². The zero-order chi connectivity index (χ0) is 21.0. The number of pyridine rings is 1. The van der Waals surface area contributed by atoms with Gasteiger partial charge in [0.2, 0.25) is 0 Å². The number of nitrogens with one attached hydrogen (secondary N) is 1. The minimum Gasteiger partial charge on any atom is -0.378 e. The van der Waals surface area contributed by atoms with E-state index in [1.54, 1.807) is 0 Å². The van der Waals surface area contributed by atoms with Gasteiger partial charge in [-0.05, 0) is 42.5 Å². The molecule has 29 heavy (non-hydrogen) atoms. The molecule has 0 radical (unpaired) electrons. The Morgan fingerprint density at radius 3 is 2.48 bits per heavy atom. The molecule has 0 bridgehead atoms. The maximum absolute atomic E-state index is 12.8.